The normalized spacial score (nSPS) is 29.7. The van der Waals surface area contributed by atoms with Gasteiger partial charge < -0.3 is 19.5 Å². The number of hydrogen-bond donors (Lipinski definition) is 1. The molecule has 0 aromatic heterocycles. The van der Waals surface area contributed by atoms with Crippen LogP contribution in [-0.4, -0.2) is 47.9 Å². The maximum atomic E-state index is 12.7. The highest BCUT2D eigenvalue weighted by Gasteiger charge is 2.56. The van der Waals surface area contributed by atoms with Gasteiger partial charge in [0.1, 0.15) is 11.7 Å². The third-order valence-corrected chi connectivity index (χ3v) is 4.54. The number of methoxy groups -OCH3 is 1. The Balaban J connectivity index is 2.07. The number of fused-ring (bicyclic) bond motifs is 4. The Bertz CT molecular complexity index is 616. The van der Waals surface area contributed by atoms with E-state index in [1.807, 2.05) is 31.2 Å². The summed E-state index contributed by atoms with van der Waals surface area (Å²) in [6.07, 6.45) is 0.469. The molecule has 2 aliphatic heterocycles. The van der Waals surface area contributed by atoms with E-state index in [4.69, 9.17) is 9.47 Å². The number of carboxylic acids is 1. The summed E-state index contributed by atoms with van der Waals surface area (Å²) < 4.78 is 11.1. The summed E-state index contributed by atoms with van der Waals surface area (Å²) in [6.45, 7) is 2.48. The van der Waals surface area contributed by atoms with Crippen molar-refractivity contribution in [3.63, 3.8) is 0 Å². The number of nitrogens with zero attached hydrogens (tertiary/aromatic N) is 1. The van der Waals surface area contributed by atoms with Gasteiger partial charge in [-0.25, -0.2) is 0 Å². The van der Waals surface area contributed by atoms with Crippen LogP contribution >= 0.6 is 0 Å². The van der Waals surface area contributed by atoms with E-state index in [0.29, 0.717) is 25.3 Å². The minimum absolute atomic E-state index is 0.310. The minimum Gasteiger partial charge on any atom is -0.481 e. The van der Waals surface area contributed by atoms with Crippen LogP contribution in [0.1, 0.15) is 24.8 Å². The number of carboxylic acid groups (broad SMARTS) is 1. The van der Waals surface area contributed by atoms with E-state index >= 15 is 0 Å². The van der Waals surface area contributed by atoms with Crippen LogP contribution in [0.25, 0.3) is 0 Å². The van der Waals surface area contributed by atoms with E-state index in [1.54, 1.807) is 7.11 Å². The third-order valence-electron chi connectivity index (χ3n) is 4.54. The molecule has 2 heterocycles. The summed E-state index contributed by atoms with van der Waals surface area (Å²) in [7, 11) is 1.55. The molecule has 1 aromatic carbocycles. The molecule has 1 aromatic rings. The van der Waals surface area contributed by atoms with Gasteiger partial charge in [0.2, 0.25) is 5.91 Å². The van der Waals surface area contributed by atoms with Crippen LogP contribution in [0.15, 0.2) is 24.3 Å². The second-order valence-corrected chi connectivity index (χ2v) is 5.92. The van der Waals surface area contributed by atoms with Gasteiger partial charge in [-0.3, -0.25) is 9.59 Å². The summed E-state index contributed by atoms with van der Waals surface area (Å²) in [5.74, 6) is -2.27. The minimum atomic E-state index is -1.09. The number of amides is 1. The maximum Gasteiger partial charge on any atom is 0.316 e. The molecule has 1 saturated heterocycles. The van der Waals surface area contributed by atoms with Gasteiger partial charge in [-0.1, -0.05) is 18.2 Å². The predicted molar refractivity (Wildman–Crippen MR) is 77.5 cm³/mol. The van der Waals surface area contributed by atoms with Crippen molar-refractivity contribution in [2.45, 2.75) is 25.0 Å². The van der Waals surface area contributed by atoms with Crippen molar-refractivity contribution in [2.75, 3.05) is 20.3 Å². The van der Waals surface area contributed by atoms with Crippen molar-refractivity contribution in [1.29, 1.82) is 0 Å². The summed E-state index contributed by atoms with van der Waals surface area (Å²) in [5, 5.41) is 9.55. The van der Waals surface area contributed by atoms with Crippen molar-refractivity contribution in [1.82, 2.24) is 4.90 Å². The largest absolute Gasteiger partial charge is 0.481 e. The lowest BCUT2D eigenvalue weighted by Gasteiger charge is -2.52. The molecule has 6 nitrogen and oxygen atoms in total. The lowest BCUT2D eigenvalue weighted by molar-refractivity contribution is -0.181. The van der Waals surface area contributed by atoms with E-state index in [0.717, 1.165) is 5.56 Å². The number of likely N-dealkylation sites (tertiary alicyclic amines) is 1. The zero-order chi connectivity index (χ0) is 15.9. The van der Waals surface area contributed by atoms with E-state index in [1.165, 1.54) is 4.90 Å². The van der Waals surface area contributed by atoms with Gasteiger partial charge in [0.25, 0.3) is 0 Å². The van der Waals surface area contributed by atoms with Gasteiger partial charge in [0, 0.05) is 26.0 Å². The molecular weight excluding hydrogens is 286 g/mol. The van der Waals surface area contributed by atoms with Crippen LogP contribution in [0.2, 0.25) is 0 Å². The smallest absolute Gasteiger partial charge is 0.316 e. The SMILES string of the molecule is COCCN1C(=O)[C@@H](C(=O)O)[C@H]2C[C@]1(C)Oc1ccccc12. The molecule has 0 radical (unpaired) electrons. The first kappa shape index (κ1) is 14.8. The molecule has 22 heavy (non-hydrogen) atoms. The van der Waals surface area contributed by atoms with E-state index in [2.05, 4.69) is 0 Å². The molecular formula is C16H19NO5. The van der Waals surface area contributed by atoms with E-state index in [9.17, 15) is 14.7 Å². The van der Waals surface area contributed by atoms with E-state index < -0.39 is 23.5 Å². The van der Waals surface area contributed by atoms with Gasteiger partial charge in [-0.05, 0) is 18.6 Å². The fourth-order valence-corrected chi connectivity index (χ4v) is 3.52. The number of carbonyl (C=O) groups excluding carboxylic acids is 1. The van der Waals surface area contributed by atoms with E-state index in [-0.39, 0.29) is 5.92 Å². The standard InChI is InChI=1S/C16H19NO5/c1-16-9-11(10-5-3-4-6-12(10)22-16)13(15(19)20)14(18)17(16)7-8-21-2/h3-6,11,13H,7-9H2,1-2H3,(H,19,20)/t11-,13-,16-/m0/s1. The van der Waals surface area contributed by atoms with Crippen LogP contribution in [-0.2, 0) is 14.3 Å². The average Bonchev–Trinajstić information content (AvgIpc) is 2.46. The van der Waals surface area contributed by atoms with Crippen LogP contribution in [0.4, 0.5) is 0 Å². The van der Waals surface area contributed by atoms with Crippen molar-refractivity contribution < 1.29 is 24.2 Å². The number of para-hydroxylation sites is 1. The number of rotatable bonds is 4. The first-order chi connectivity index (χ1) is 10.5. The van der Waals surface area contributed by atoms with Crippen LogP contribution in [0.3, 0.4) is 0 Å². The molecule has 0 spiro atoms. The van der Waals surface area contributed by atoms with Crippen LogP contribution in [0, 0.1) is 5.92 Å². The van der Waals surface area contributed by atoms with Crippen LogP contribution < -0.4 is 4.74 Å². The summed E-state index contributed by atoms with van der Waals surface area (Å²) in [4.78, 5) is 25.9. The first-order valence-corrected chi connectivity index (χ1v) is 7.29. The Labute approximate surface area is 128 Å². The second-order valence-electron chi connectivity index (χ2n) is 5.92. The average molecular weight is 305 g/mol. The van der Waals surface area contributed by atoms with Gasteiger partial charge >= 0.3 is 5.97 Å². The molecule has 1 amide bonds. The molecule has 3 atom stereocenters. The van der Waals surface area contributed by atoms with Crippen molar-refractivity contribution in [3.8, 4) is 5.75 Å². The predicted octanol–water partition coefficient (Wildman–Crippen LogP) is 1.46. The summed E-state index contributed by atoms with van der Waals surface area (Å²) in [5.41, 5.74) is -0.0345. The Hall–Kier alpha value is -2.08. The lowest BCUT2D eigenvalue weighted by Crippen LogP contribution is -2.64. The molecule has 2 aliphatic rings. The molecule has 3 rings (SSSR count). The number of hydrogen-bond acceptors (Lipinski definition) is 4. The summed E-state index contributed by atoms with van der Waals surface area (Å²) >= 11 is 0. The zero-order valence-corrected chi connectivity index (χ0v) is 12.6. The Morgan fingerprint density at radius 2 is 2.23 bits per heavy atom. The number of carbonyl (C=O) groups is 2. The molecule has 2 bridgehead atoms. The highest BCUT2D eigenvalue weighted by Crippen LogP contribution is 2.49. The van der Waals surface area contributed by atoms with Gasteiger partial charge in [-0.2, -0.15) is 0 Å². The van der Waals surface area contributed by atoms with Crippen molar-refractivity contribution in [3.05, 3.63) is 29.8 Å². The molecule has 0 saturated carbocycles. The van der Waals surface area contributed by atoms with Gasteiger partial charge in [0.15, 0.2) is 5.72 Å². The molecule has 1 fully saturated rings. The molecule has 0 unspecified atom stereocenters. The zero-order valence-electron chi connectivity index (χ0n) is 12.6. The van der Waals surface area contributed by atoms with Crippen molar-refractivity contribution >= 4 is 11.9 Å². The monoisotopic (exact) mass is 305 g/mol. The third kappa shape index (κ3) is 2.14. The Morgan fingerprint density at radius 3 is 2.91 bits per heavy atom. The molecule has 0 aliphatic carbocycles. The fraction of sp³-hybridized carbons (Fsp3) is 0.500. The maximum absolute atomic E-state index is 12.7. The number of benzene rings is 1. The number of piperidine rings is 1. The Kier molecular flexibility index (Phi) is 3.56. The Morgan fingerprint density at radius 1 is 1.50 bits per heavy atom. The van der Waals surface area contributed by atoms with Gasteiger partial charge in [0.05, 0.1) is 6.61 Å². The molecule has 118 valence electrons. The molecule has 1 N–H and O–H groups in total. The fourth-order valence-electron chi connectivity index (χ4n) is 3.52. The van der Waals surface area contributed by atoms with Gasteiger partial charge in [-0.15, -0.1) is 0 Å². The number of ether oxygens (including phenoxy) is 2. The first-order valence-electron chi connectivity index (χ1n) is 7.29. The second kappa shape index (κ2) is 5.28. The highest BCUT2D eigenvalue weighted by molar-refractivity contribution is 5.99. The summed E-state index contributed by atoms with van der Waals surface area (Å²) in [6, 6.07) is 7.35. The quantitative estimate of drug-likeness (QED) is 0.852. The lowest BCUT2D eigenvalue weighted by atomic mass is 9.74. The van der Waals surface area contributed by atoms with Crippen LogP contribution in [0.5, 0.6) is 5.75 Å². The highest BCUT2D eigenvalue weighted by atomic mass is 16.5. The van der Waals surface area contributed by atoms with Crippen molar-refractivity contribution in [2.24, 2.45) is 5.92 Å². The topological polar surface area (TPSA) is 76.1 Å². The number of aliphatic carboxylic acids is 1. The molecule has 6 heteroatoms.